The number of aryl methyl sites for hydroxylation is 1. The van der Waals surface area contributed by atoms with Crippen molar-refractivity contribution in [1.29, 1.82) is 0 Å². The molecule has 0 spiro atoms. The zero-order chi connectivity index (χ0) is 15.4. The molecule has 2 aromatic carbocycles. The van der Waals surface area contributed by atoms with Crippen molar-refractivity contribution in [3.05, 3.63) is 56.2 Å². The molecule has 0 aliphatic rings. The van der Waals surface area contributed by atoms with Crippen molar-refractivity contribution in [2.75, 3.05) is 11.9 Å². The standard InChI is InChI=1S/C16H16Br2FNO/c1-3-21-16-13(17)6-11(7-14(16)18)9-20-12-5-4-10(2)15(19)8-12/h4-8,20H,3,9H2,1-2H3. The summed E-state index contributed by atoms with van der Waals surface area (Å²) in [7, 11) is 0. The smallest absolute Gasteiger partial charge is 0.147 e. The lowest BCUT2D eigenvalue weighted by molar-refractivity contribution is 0.336. The van der Waals surface area contributed by atoms with Gasteiger partial charge in [-0.05, 0) is 81.1 Å². The number of hydrogen-bond acceptors (Lipinski definition) is 2. The summed E-state index contributed by atoms with van der Waals surface area (Å²) in [5, 5.41) is 3.21. The summed E-state index contributed by atoms with van der Waals surface area (Å²) in [4.78, 5) is 0. The van der Waals surface area contributed by atoms with Crippen molar-refractivity contribution >= 4 is 37.5 Å². The molecule has 0 aliphatic heterocycles. The number of halogens is 3. The normalized spacial score (nSPS) is 10.5. The van der Waals surface area contributed by atoms with Crippen LogP contribution in [0.15, 0.2) is 39.3 Å². The lowest BCUT2D eigenvalue weighted by Gasteiger charge is -2.12. The third-order valence-electron chi connectivity index (χ3n) is 3.02. The molecule has 2 rings (SSSR count). The molecule has 0 bridgehead atoms. The van der Waals surface area contributed by atoms with Crippen LogP contribution in [0.1, 0.15) is 18.1 Å². The Kier molecular flexibility index (Phi) is 5.65. The van der Waals surface area contributed by atoms with Gasteiger partial charge in [-0.2, -0.15) is 0 Å². The van der Waals surface area contributed by atoms with Gasteiger partial charge in [0.2, 0.25) is 0 Å². The van der Waals surface area contributed by atoms with Gasteiger partial charge >= 0.3 is 0 Å². The van der Waals surface area contributed by atoms with E-state index >= 15 is 0 Å². The average Bonchev–Trinajstić information content (AvgIpc) is 2.44. The summed E-state index contributed by atoms with van der Waals surface area (Å²) < 4.78 is 20.8. The fourth-order valence-corrected chi connectivity index (χ4v) is 3.41. The Hall–Kier alpha value is -1.07. The van der Waals surface area contributed by atoms with Crippen LogP contribution in [-0.2, 0) is 6.54 Å². The minimum absolute atomic E-state index is 0.200. The number of nitrogens with one attached hydrogen (secondary N) is 1. The Morgan fingerprint density at radius 2 is 1.81 bits per heavy atom. The molecule has 21 heavy (non-hydrogen) atoms. The maximum atomic E-state index is 13.5. The number of ether oxygens (including phenoxy) is 1. The minimum atomic E-state index is -0.200. The van der Waals surface area contributed by atoms with E-state index in [1.54, 1.807) is 13.0 Å². The van der Waals surface area contributed by atoms with E-state index in [1.807, 2.05) is 25.1 Å². The van der Waals surface area contributed by atoms with Gasteiger partial charge in [-0.25, -0.2) is 4.39 Å². The highest BCUT2D eigenvalue weighted by Gasteiger charge is 2.08. The van der Waals surface area contributed by atoms with E-state index < -0.39 is 0 Å². The summed E-state index contributed by atoms with van der Waals surface area (Å²) in [6.45, 7) is 4.91. The van der Waals surface area contributed by atoms with Gasteiger partial charge in [-0.15, -0.1) is 0 Å². The fraction of sp³-hybridized carbons (Fsp3) is 0.250. The Labute approximate surface area is 141 Å². The summed E-state index contributed by atoms with van der Waals surface area (Å²) in [6.07, 6.45) is 0. The molecular formula is C16H16Br2FNO. The maximum absolute atomic E-state index is 13.5. The predicted molar refractivity (Wildman–Crippen MR) is 91.5 cm³/mol. The highest BCUT2D eigenvalue weighted by molar-refractivity contribution is 9.11. The van der Waals surface area contributed by atoms with Crippen LogP contribution in [-0.4, -0.2) is 6.61 Å². The molecule has 5 heteroatoms. The first-order chi connectivity index (χ1) is 10.0. The summed E-state index contributed by atoms with van der Waals surface area (Å²) in [5.41, 5.74) is 2.48. The first kappa shape index (κ1) is 16.3. The number of hydrogen-bond donors (Lipinski definition) is 1. The third-order valence-corrected chi connectivity index (χ3v) is 4.19. The van der Waals surface area contributed by atoms with E-state index in [-0.39, 0.29) is 5.82 Å². The van der Waals surface area contributed by atoms with Crippen molar-refractivity contribution in [2.45, 2.75) is 20.4 Å². The lowest BCUT2D eigenvalue weighted by atomic mass is 10.2. The Balaban J connectivity index is 2.11. The summed E-state index contributed by atoms with van der Waals surface area (Å²) >= 11 is 7.01. The van der Waals surface area contributed by atoms with Gasteiger partial charge in [-0.3, -0.25) is 0 Å². The van der Waals surface area contributed by atoms with Crippen LogP contribution in [0, 0.1) is 12.7 Å². The van der Waals surface area contributed by atoms with Crippen molar-refractivity contribution < 1.29 is 9.13 Å². The van der Waals surface area contributed by atoms with E-state index in [0.29, 0.717) is 18.7 Å². The van der Waals surface area contributed by atoms with E-state index in [4.69, 9.17) is 4.74 Å². The van der Waals surface area contributed by atoms with Crippen molar-refractivity contribution in [3.63, 3.8) is 0 Å². The quantitative estimate of drug-likeness (QED) is 0.677. The monoisotopic (exact) mass is 415 g/mol. The molecule has 2 aromatic rings. The second-order valence-corrected chi connectivity index (χ2v) is 6.35. The van der Waals surface area contributed by atoms with Gasteiger partial charge in [0.25, 0.3) is 0 Å². The zero-order valence-electron chi connectivity index (χ0n) is 11.8. The van der Waals surface area contributed by atoms with Gasteiger partial charge in [-0.1, -0.05) is 6.07 Å². The number of anilines is 1. The van der Waals surface area contributed by atoms with Gasteiger partial charge in [0.05, 0.1) is 15.6 Å². The Morgan fingerprint density at radius 1 is 1.14 bits per heavy atom. The van der Waals surface area contributed by atoms with Crippen molar-refractivity contribution in [1.82, 2.24) is 0 Å². The molecular weight excluding hydrogens is 401 g/mol. The minimum Gasteiger partial charge on any atom is -0.492 e. The number of rotatable bonds is 5. The molecule has 0 aromatic heterocycles. The highest BCUT2D eigenvalue weighted by Crippen LogP contribution is 2.35. The first-order valence-electron chi connectivity index (χ1n) is 6.62. The van der Waals surface area contributed by atoms with Crippen LogP contribution in [0.3, 0.4) is 0 Å². The SMILES string of the molecule is CCOc1c(Br)cc(CNc2ccc(C)c(F)c2)cc1Br. The third kappa shape index (κ3) is 4.20. The van der Waals surface area contributed by atoms with Gasteiger partial charge in [0.15, 0.2) is 0 Å². The average molecular weight is 417 g/mol. The van der Waals surface area contributed by atoms with E-state index in [9.17, 15) is 4.39 Å². The first-order valence-corrected chi connectivity index (χ1v) is 8.20. The molecule has 1 N–H and O–H groups in total. The molecule has 0 amide bonds. The molecule has 0 fully saturated rings. The van der Waals surface area contributed by atoms with Crippen LogP contribution in [0.5, 0.6) is 5.75 Å². The van der Waals surface area contributed by atoms with Gasteiger partial charge in [0.1, 0.15) is 11.6 Å². The maximum Gasteiger partial charge on any atom is 0.147 e. The fourth-order valence-electron chi connectivity index (χ4n) is 1.90. The van der Waals surface area contributed by atoms with E-state index in [1.165, 1.54) is 6.07 Å². The summed E-state index contributed by atoms with van der Waals surface area (Å²) in [5.74, 6) is 0.594. The molecule has 112 valence electrons. The molecule has 0 radical (unpaired) electrons. The molecule has 0 unspecified atom stereocenters. The Bertz CT molecular complexity index is 623. The molecule has 0 heterocycles. The van der Waals surface area contributed by atoms with Crippen LogP contribution < -0.4 is 10.1 Å². The second kappa shape index (κ2) is 7.27. The highest BCUT2D eigenvalue weighted by atomic mass is 79.9. The van der Waals surface area contributed by atoms with Gasteiger partial charge < -0.3 is 10.1 Å². The lowest BCUT2D eigenvalue weighted by Crippen LogP contribution is -2.01. The molecule has 0 saturated heterocycles. The second-order valence-electron chi connectivity index (χ2n) is 4.64. The number of benzene rings is 2. The Morgan fingerprint density at radius 3 is 2.38 bits per heavy atom. The van der Waals surface area contributed by atoms with Crippen molar-refractivity contribution in [3.8, 4) is 5.75 Å². The van der Waals surface area contributed by atoms with Crippen LogP contribution in [0.25, 0.3) is 0 Å². The molecule has 0 aliphatic carbocycles. The van der Waals surface area contributed by atoms with Crippen molar-refractivity contribution in [2.24, 2.45) is 0 Å². The van der Waals surface area contributed by atoms with Crippen LogP contribution in [0.2, 0.25) is 0 Å². The van der Waals surface area contributed by atoms with Crippen LogP contribution in [0.4, 0.5) is 10.1 Å². The molecule has 0 saturated carbocycles. The van der Waals surface area contributed by atoms with E-state index in [2.05, 4.69) is 37.2 Å². The zero-order valence-corrected chi connectivity index (χ0v) is 15.0. The topological polar surface area (TPSA) is 21.3 Å². The van der Waals surface area contributed by atoms with E-state index in [0.717, 1.165) is 25.9 Å². The van der Waals surface area contributed by atoms with Crippen LogP contribution >= 0.6 is 31.9 Å². The molecule has 0 atom stereocenters. The van der Waals surface area contributed by atoms with Gasteiger partial charge in [0, 0.05) is 12.2 Å². The predicted octanol–water partition coefficient (Wildman–Crippen LogP) is 5.67. The summed E-state index contributed by atoms with van der Waals surface area (Å²) in [6, 6.07) is 9.13. The molecule has 2 nitrogen and oxygen atoms in total. The largest absolute Gasteiger partial charge is 0.492 e.